The first kappa shape index (κ1) is 13.3. The Morgan fingerprint density at radius 2 is 2.35 bits per heavy atom. The van der Waals surface area contributed by atoms with E-state index in [1.165, 1.54) is 0 Å². The average Bonchev–Trinajstić information content (AvgIpc) is 3.08. The zero-order chi connectivity index (χ0) is 13.9. The third-order valence-electron chi connectivity index (χ3n) is 3.52. The van der Waals surface area contributed by atoms with Crippen LogP contribution in [0, 0.1) is 0 Å². The maximum absolute atomic E-state index is 5.70. The van der Waals surface area contributed by atoms with Crippen LogP contribution in [0.3, 0.4) is 0 Å². The molecule has 108 valence electrons. The molecule has 2 atom stereocenters. The summed E-state index contributed by atoms with van der Waals surface area (Å²) in [5.74, 6) is 0.942. The van der Waals surface area contributed by atoms with Crippen molar-refractivity contribution in [2.24, 2.45) is 0 Å². The van der Waals surface area contributed by atoms with Gasteiger partial charge in [-0.25, -0.2) is 4.98 Å². The highest BCUT2D eigenvalue weighted by Crippen LogP contribution is 2.18. The Hall–Kier alpha value is -1.66. The lowest BCUT2D eigenvalue weighted by Gasteiger charge is -2.20. The highest BCUT2D eigenvalue weighted by Gasteiger charge is 2.29. The molecule has 3 rings (SSSR count). The minimum Gasteiger partial charge on any atom is -0.376 e. The molecule has 1 N–H and O–H groups in total. The molecule has 3 heterocycles. The van der Waals surface area contributed by atoms with Crippen LogP contribution in [-0.2, 0) is 15.9 Å². The van der Waals surface area contributed by atoms with Gasteiger partial charge in [0.05, 0.1) is 25.5 Å². The van der Waals surface area contributed by atoms with Crippen molar-refractivity contribution in [3.8, 4) is 0 Å². The molecule has 0 aromatic carbocycles. The summed E-state index contributed by atoms with van der Waals surface area (Å²) in [5.41, 5.74) is 1.91. The standard InChI is InChI=1S/C14H20N4O2/c1-3-10-7-14(18-13(16-10)5-6-15-18)17-11-8-19-9-12(11)20-4-2/h5-7,11-12,17H,3-4,8-9H2,1-2H3/t11-,12-/m1/s1. The second kappa shape index (κ2) is 5.76. The van der Waals surface area contributed by atoms with Crippen molar-refractivity contribution in [1.29, 1.82) is 0 Å². The van der Waals surface area contributed by atoms with E-state index in [9.17, 15) is 0 Å². The van der Waals surface area contributed by atoms with Gasteiger partial charge in [0.2, 0.25) is 0 Å². The zero-order valence-electron chi connectivity index (χ0n) is 11.9. The SMILES string of the molecule is CCO[C@@H]1COC[C@H]1Nc1cc(CC)nc2ccnn12. The number of nitrogens with one attached hydrogen (secondary N) is 1. The molecular formula is C14H20N4O2. The van der Waals surface area contributed by atoms with Crippen LogP contribution in [0.4, 0.5) is 5.82 Å². The van der Waals surface area contributed by atoms with E-state index in [-0.39, 0.29) is 12.1 Å². The lowest BCUT2D eigenvalue weighted by molar-refractivity contribution is 0.0477. The Morgan fingerprint density at radius 1 is 1.45 bits per heavy atom. The number of hydrogen-bond donors (Lipinski definition) is 1. The van der Waals surface area contributed by atoms with Gasteiger partial charge in [-0.3, -0.25) is 0 Å². The van der Waals surface area contributed by atoms with E-state index in [0.29, 0.717) is 19.8 Å². The summed E-state index contributed by atoms with van der Waals surface area (Å²) < 4.78 is 13.0. The summed E-state index contributed by atoms with van der Waals surface area (Å²) in [6, 6.07) is 4.10. The summed E-state index contributed by atoms with van der Waals surface area (Å²) in [5, 5.41) is 7.81. The number of ether oxygens (including phenoxy) is 2. The highest BCUT2D eigenvalue weighted by atomic mass is 16.5. The van der Waals surface area contributed by atoms with Crippen LogP contribution in [-0.4, -0.2) is 46.6 Å². The minimum atomic E-state index is 0.0869. The molecular weight excluding hydrogens is 256 g/mol. The molecule has 20 heavy (non-hydrogen) atoms. The Balaban J connectivity index is 1.87. The Bertz CT molecular complexity index is 584. The van der Waals surface area contributed by atoms with Gasteiger partial charge < -0.3 is 14.8 Å². The van der Waals surface area contributed by atoms with Gasteiger partial charge in [0.15, 0.2) is 5.65 Å². The number of aryl methyl sites for hydroxylation is 1. The van der Waals surface area contributed by atoms with Crippen molar-refractivity contribution in [1.82, 2.24) is 14.6 Å². The Labute approximate surface area is 118 Å². The van der Waals surface area contributed by atoms with E-state index in [2.05, 4.69) is 22.3 Å². The number of nitrogens with zero attached hydrogens (tertiary/aromatic N) is 3. The van der Waals surface area contributed by atoms with Crippen molar-refractivity contribution < 1.29 is 9.47 Å². The van der Waals surface area contributed by atoms with Gasteiger partial charge in [0.1, 0.15) is 11.9 Å². The summed E-state index contributed by atoms with van der Waals surface area (Å²) in [6.07, 6.45) is 2.74. The van der Waals surface area contributed by atoms with Gasteiger partial charge in [-0.15, -0.1) is 0 Å². The molecule has 6 heteroatoms. The van der Waals surface area contributed by atoms with Gasteiger partial charge in [0.25, 0.3) is 0 Å². The summed E-state index contributed by atoms with van der Waals surface area (Å²) in [7, 11) is 0. The van der Waals surface area contributed by atoms with Crippen molar-refractivity contribution in [2.75, 3.05) is 25.1 Å². The average molecular weight is 276 g/mol. The van der Waals surface area contributed by atoms with E-state index in [4.69, 9.17) is 9.47 Å². The second-order valence-electron chi connectivity index (χ2n) is 4.87. The highest BCUT2D eigenvalue weighted by molar-refractivity contribution is 5.49. The largest absolute Gasteiger partial charge is 0.376 e. The van der Waals surface area contributed by atoms with E-state index < -0.39 is 0 Å². The van der Waals surface area contributed by atoms with Crippen molar-refractivity contribution in [3.05, 3.63) is 24.0 Å². The molecule has 0 unspecified atom stereocenters. The fourth-order valence-electron chi connectivity index (χ4n) is 2.49. The molecule has 0 amide bonds. The molecule has 1 fully saturated rings. The lowest BCUT2D eigenvalue weighted by atomic mass is 10.2. The molecule has 0 radical (unpaired) electrons. The minimum absolute atomic E-state index is 0.0869. The second-order valence-corrected chi connectivity index (χ2v) is 4.87. The van der Waals surface area contributed by atoms with Crippen LogP contribution in [0.2, 0.25) is 0 Å². The number of anilines is 1. The number of aromatic nitrogens is 3. The van der Waals surface area contributed by atoms with E-state index in [0.717, 1.165) is 23.6 Å². The summed E-state index contributed by atoms with van der Waals surface area (Å²) in [6.45, 7) is 6.08. The van der Waals surface area contributed by atoms with Crippen LogP contribution < -0.4 is 5.32 Å². The van der Waals surface area contributed by atoms with Crippen molar-refractivity contribution >= 4 is 11.5 Å². The lowest BCUT2D eigenvalue weighted by Crippen LogP contribution is -2.35. The van der Waals surface area contributed by atoms with E-state index >= 15 is 0 Å². The van der Waals surface area contributed by atoms with Crippen molar-refractivity contribution in [2.45, 2.75) is 32.4 Å². The monoisotopic (exact) mass is 276 g/mol. The maximum atomic E-state index is 5.70. The van der Waals surface area contributed by atoms with Gasteiger partial charge in [0, 0.05) is 24.4 Å². The molecule has 0 aliphatic carbocycles. The van der Waals surface area contributed by atoms with Gasteiger partial charge in [-0.2, -0.15) is 9.61 Å². The third-order valence-corrected chi connectivity index (χ3v) is 3.52. The van der Waals surface area contributed by atoms with E-state index in [1.54, 1.807) is 6.20 Å². The zero-order valence-corrected chi connectivity index (χ0v) is 11.9. The van der Waals surface area contributed by atoms with Crippen LogP contribution in [0.15, 0.2) is 18.3 Å². The first-order valence-electron chi connectivity index (χ1n) is 7.11. The molecule has 0 saturated carbocycles. The third kappa shape index (κ3) is 2.48. The van der Waals surface area contributed by atoms with Crippen LogP contribution >= 0.6 is 0 Å². The first-order chi connectivity index (χ1) is 9.81. The van der Waals surface area contributed by atoms with Gasteiger partial charge in [-0.1, -0.05) is 6.92 Å². The fraction of sp³-hybridized carbons (Fsp3) is 0.571. The normalized spacial score (nSPS) is 22.5. The maximum Gasteiger partial charge on any atom is 0.157 e. The van der Waals surface area contributed by atoms with Crippen molar-refractivity contribution in [3.63, 3.8) is 0 Å². The summed E-state index contributed by atoms with van der Waals surface area (Å²) >= 11 is 0. The quantitative estimate of drug-likeness (QED) is 0.897. The molecule has 1 aliphatic rings. The van der Waals surface area contributed by atoms with E-state index in [1.807, 2.05) is 23.6 Å². The molecule has 2 aromatic rings. The fourth-order valence-corrected chi connectivity index (χ4v) is 2.49. The molecule has 2 aromatic heterocycles. The summed E-state index contributed by atoms with van der Waals surface area (Å²) in [4.78, 5) is 4.54. The van der Waals surface area contributed by atoms with Crippen LogP contribution in [0.5, 0.6) is 0 Å². The number of hydrogen-bond acceptors (Lipinski definition) is 5. The molecule has 1 saturated heterocycles. The van der Waals surface area contributed by atoms with Gasteiger partial charge in [-0.05, 0) is 13.3 Å². The molecule has 1 aliphatic heterocycles. The predicted molar refractivity (Wildman–Crippen MR) is 76.0 cm³/mol. The Kier molecular flexibility index (Phi) is 3.84. The topological polar surface area (TPSA) is 60.7 Å². The smallest absolute Gasteiger partial charge is 0.157 e. The molecule has 0 bridgehead atoms. The number of rotatable bonds is 5. The predicted octanol–water partition coefficient (Wildman–Crippen LogP) is 1.51. The number of fused-ring (bicyclic) bond motifs is 1. The van der Waals surface area contributed by atoms with Crippen LogP contribution in [0.1, 0.15) is 19.5 Å². The first-order valence-corrected chi connectivity index (χ1v) is 7.11. The molecule has 0 spiro atoms. The van der Waals surface area contributed by atoms with Crippen LogP contribution in [0.25, 0.3) is 5.65 Å². The molecule has 6 nitrogen and oxygen atoms in total. The Morgan fingerprint density at radius 3 is 3.15 bits per heavy atom. The van der Waals surface area contributed by atoms with Gasteiger partial charge >= 0.3 is 0 Å².